The standard InChI is InChI=1S/C23H20Cl3N5O2/c1-14-6-7-15(2)21(10-14)33-13-30-9-8-20(28-30)23(32)27-22-19(26)12-31(29-22)11-16-17(24)4-3-5-18(16)25/h3-10,12H,11,13H2,1-2H3,(H,27,29,32). The van der Waals surface area contributed by atoms with Gasteiger partial charge in [-0.05, 0) is 49.2 Å². The Labute approximate surface area is 205 Å². The van der Waals surface area contributed by atoms with Gasteiger partial charge in [0.25, 0.3) is 5.91 Å². The third-order valence-electron chi connectivity index (χ3n) is 4.90. The number of benzene rings is 2. The Morgan fingerprint density at radius 1 is 1.00 bits per heavy atom. The van der Waals surface area contributed by atoms with Gasteiger partial charge in [0.05, 0.1) is 6.54 Å². The first-order valence-corrected chi connectivity index (χ1v) is 11.1. The van der Waals surface area contributed by atoms with Gasteiger partial charge in [0.1, 0.15) is 10.8 Å². The van der Waals surface area contributed by atoms with Gasteiger partial charge in [-0.2, -0.15) is 10.2 Å². The predicted octanol–water partition coefficient (Wildman–Crippen LogP) is 5.99. The maximum absolute atomic E-state index is 12.7. The van der Waals surface area contributed by atoms with E-state index in [0.29, 0.717) is 22.2 Å². The zero-order valence-corrected chi connectivity index (χ0v) is 20.1. The Kier molecular flexibility index (Phi) is 6.93. The second-order valence-corrected chi connectivity index (χ2v) is 8.68. The summed E-state index contributed by atoms with van der Waals surface area (Å²) in [5.41, 5.74) is 3.04. The molecule has 0 aliphatic rings. The van der Waals surface area contributed by atoms with E-state index >= 15 is 0 Å². The number of aromatic nitrogens is 4. The molecule has 2 aromatic heterocycles. The van der Waals surface area contributed by atoms with Crippen molar-refractivity contribution in [3.8, 4) is 5.75 Å². The maximum atomic E-state index is 12.7. The molecule has 4 aromatic rings. The highest BCUT2D eigenvalue weighted by molar-refractivity contribution is 6.36. The van der Waals surface area contributed by atoms with Crippen LogP contribution in [0.4, 0.5) is 5.82 Å². The SMILES string of the molecule is Cc1ccc(C)c(OCn2ccc(C(=O)Nc3nn(Cc4c(Cl)cccc4Cl)cc3Cl)n2)c1. The highest BCUT2D eigenvalue weighted by Crippen LogP contribution is 2.27. The second-order valence-electron chi connectivity index (χ2n) is 7.46. The van der Waals surface area contributed by atoms with Crippen LogP contribution in [0.15, 0.2) is 54.9 Å². The number of ether oxygens (including phenoxy) is 1. The van der Waals surface area contributed by atoms with Crippen LogP contribution in [-0.4, -0.2) is 25.5 Å². The molecule has 0 aliphatic carbocycles. The molecule has 0 saturated heterocycles. The molecular formula is C23H20Cl3N5O2. The highest BCUT2D eigenvalue weighted by atomic mass is 35.5. The van der Waals surface area contributed by atoms with Crippen molar-refractivity contribution < 1.29 is 9.53 Å². The van der Waals surface area contributed by atoms with Crippen molar-refractivity contribution in [1.29, 1.82) is 0 Å². The van der Waals surface area contributed by atoms with Gasteiger partial charge in [-0.3, -0.25) is 9.48 Å². The molecule has 0 spiro atoms. The molecule has 7 nitrogen and oxygen atoms in total. The Hall–Kier alpha value is -3.00. The molecule has 0 atom stereocenters. The van der Waals surface area contributed by atoms with Crippen LogP contribution in [0, 0.1) is 13.8 Å². The fourth-order valence-electron chi connectivity index (χ4n) is 3.13. The molecule has 0 unspecified atom stereocenters. The molecule has 10 heteroatoms. The molecule has 170 valence electrons. The van der Waals surface area contributed by atoms with Gasteiger partial charge in [-0.25, -0.2) is 4.68 Å². The summed E-state index contributed by atoms with van der Waals surface area (Å²) < 4.78 is 8.92. The number of nitrogens with one attached hydrogen (secondary N) is 1. The summed E-state index contributed by atoms with van der Waals surface area (Å²) in [5, 5.41) is 12.6. The molecule has 33 heavy (non-hydrogen) atoms. The molecule has 0 bridgehead atoms. The van der Waals surface area contributed by atoms with E-state index in [9.17, 15) is 4.79 Å². The molecule has 0 radical (unpaired) electrons. The van der Waals surface area contributed by atoms with E-state index in [4.69, 9.17) is 39.5 Å². The molecule has 0 saturated carbocycles. The number of halogens is 3. The summed E-state index contributed by atoms with van der Waals surface area (Å²) in [4.78, 5) is 12.7. The van der Waals surface area contributed by atoms with Crippen molar-refractivity contribution in [3.63, 3.8) is 0 Å². The van der Waals surface area contributed by atoms with Gasteiger partial charge in [-0.15, -0.1) is 0 Å². The van der Waals surface area contributed by atoms with Crippen LogP contribution < -0.4 is 10.1 Å². The minimum Gasteiger partial charge on any atom is -0.471 e. The van der Waals surface area contributed by atoms with Gasteiger partial charge in [0, 0.05) is 28.0 Å². The molecule has 1 N–H and O–H groups in total. The zero-order valence-electron chi connectivity index (χ0n) is 17.8. The number of hydrogen-bond acceptors (Lipinski definition) is 4. The van der Waals surface area contributed by atoms with E-state index in [2.05, 4.69) is 15.5 Å². The van der Waals surface area contributed by atoms with E-state index in [1.54, 1.807) is 41.3 Å². The van der Waals surface area contributed by atoms with Crippen molar-refractivity contribution in [3.05, 3.63) is 92.3 Å². The Morgan fingerprint density at radius 3 is 2.52 bits per heavy atom. The summed E-state index contributed by atoms with van der Waals surface area (Å²) in [6.07, 6.45) is 3.26. The number of nitrogens with zero attached hydrogens (tertiary/aromatic N) is 4. The van der Waals surface area contributed by atoms with Crippen LogP contribution in [0.1, 0.15) is 27.2 Å². The number of hydrogen-bond donors (Lipinski definition) is 1. The highest BCUT2D eigenvalue weighted by Gasteiger charge is 2.16. The number of carbonyl (C=O) groups is 1. The predicted molar refractivity (Wildman–Crippen MR) is 130 cm³/mol. The minimum absolute atomic E-state index is 0.172. The number of amides is 1. The van der Waals surface area contributed by atoms with Crippen LogP contribution in [0.5, 0.6) is 5.75 Å². The van der Waals surface area contributed by atoms with Crippen molar-refractivity contribution in [1.82, 2.24) is 19.6 Å². The molecule has 2 heterocycles. The summed E-state index contributed by atoms with van der Waals surface area (Å²) >= 11 is 18.7. The third kappa shape index (κ3) is 5.50. The summed E-state index contributed by atoms with van der Waals surface area (Å²) in [6, 6.07) is 12.8. The quantitative estimate of drug-likeness (QED) is 0.335. The van der Waals surface area contributed by atoms with Crippen LogP contribution in [-0.2, 0) is 13.3 Å². The Morgan fingerprint density at radius 2 is 1.76 bits per heavy atom. The molecule has 4 rings (SSSR count). The average molecular weight is 505 g/mol. The van der Waals surface area contributed by atoms with Crippen LogP contribution in [0.25, 0.3) is 0 Å². The van der Waals surface area contributed by atoms with E-state index < -0.39 is 5.91 Å². The van der Waals surface area contributed by atoms with Gasteiger partial charge < -0.3 is 10.1 Å². The van der Waals surface area contributed by atoms with Crippen molar-refractivity contribution in [2.45, 2.75) is 27.1 Å². The van der Waals surface area contributed by atoms with Gasteiger partial charge in [0.15, 0.2) is 18.2 Å². The molecule has 1 amide bonds. The first kappa shape index (κ1) is 23.2. The monoisotopic (exact) mass is 503 g/mol. The smallest absolute Gasteiger partial charge is 0.277 e. The maximum Gasteiger partial charge on any atom is 0.277 e. The molecule has 0 fully saturated rings. The first-order valence-electron chi connectivity index (χ1n) is 10.0. The summed E-state index contributed by atoms with van der Waals surface area (Å²) in [5.74, 6) is 0.543. The number of anilines is 1. The first-order chi connectivity index (χ1) is 15.8. The largest absolute Gasteiger partial charge is 0.471 e. The molecule has 0 aliphatic heterocycles. The van der Waals surface area contributed by atoms with Crippen molar-refractivity contribution in [2.75, 3.05) is 5.32 Å². The van der Waals surface area contributed by atoms with Crippen LogP contribution in [0.3, 0.4) is 0 Å². The summed E-state index contributed by atoms with van der Waals surface area (Å²) in [7, 11) is 0. The molecule has 2 aromatic carbocycles. The number of aryl methyl sites for hydroxylation is 2. The fraction of sp³-hybridized carbons (Fsp3) is 0.174. The second kappa shape index (κ2) is 9.87. The topological polar surface area (TPSA) is 74.0 Å². The normalized spacial score (nSPS) is 10.9. The summed E-state index contributed by atoms with van der Waals surface area (Å²) in [6.45, 7) is 4.45. The minimum atomic E-state index is -0.441. The Balaban J connectivity index is 1.41. The fourth-order valence-corrected chi connectivity index (χ4v) is 3.85. The van der Waals surface area contributed by atoms with Gasteiger partial charge in [0.2, 0.25) is 0 Å². The number of rotatable bonds is 7. The van der Waals surface area contributed by atoms with E-state index in [0.717, 1.165) is 16.9 Å². The van der Waals surface area contributed by atoms with Crippen molar-refractivity contribution in [2.24, 2.45) is 0 Å². The van der Waals surface area contributed by atoms with E-state index in [-0.39, 0.29) is 23.3 Å². The third-order valence-corrected chi connectivity index (χ3v) is 5.88. The van der Waals surface area contributed by atoms with E-state index in [1.807, 2.05) is 32.0 Å². The Bertz CT molecular complexity index is 1300. The van der Waals surface area contributed by atoms with Crippen LogP contribution >= 0.6 is 34.8 Å². The lowest BCUT2D eigenvalue weighted by Crippen LogP contribution is -2.15. The van der Waals surface area contributed by atoms with Crippen molar-refractivity contribution >= 4 is 46.5 Å². The van der Waals surface area contributed by atoms with E-state index in [1.165, 1.54) is 4.68 Å². The lowest BCUT2D eigenvalue weighted by Gasteiger charge is -2.09. The van der Waals surface area contributed by atoms with Gasteiger partial charge in [-0.1, -0.05) is 53.0 Å². The lowest BCUT2D eigenvalue weighted by molar-refractivity contribution is 0.101. The lowest BCUT2D eigenvalue weighted by atomic mass is 10.1. The van der Waals surface area contributed by atoms with Crippen LogP contribution in [0.2, 0.25) is 15.1 Å². The number of carbonyl (C=O) groups excluding carboxylic acids is 1. The molecular weight excluding hydrogens is 485 g/mol. The zero-order chi connectivity index (χ0) is 23.5. The van der Waals surface area contributed by atoms with Gasteiger partial charge >= 0.3 is 0 Å². The average Bonchev–Trinajstić information content (AvgIpc) is 3.38.